The van der Waals surface area contributed by atoms with Gasteiger partial charge in [-0.15, -0.1) is 0 Å². The van der Waals surface area contributed by atoms with Crippen molar-refractivity contribution in [2.24, 2.45) is 5.41 Å². The number of para-hydroxylation sites is 1. The monoisotopic (exact) mass is 500 g/mol. The molecular weight excluding hydrogens is 464 g/mol. The molecule has 190 valence electrons. The number of sulfonamides is 1. The van der Waals surface area contributed by atoms with Crippen LogP contribution in [0.3, 0.4) is 0 Å². The second kappa shape index (κ2) is 11.5. The van der Waals surface area contributed by atoms with Gasteiger partial charge in [0, 0.05) is 38.4 Å². The van der Waals surface area contributed by atoms with Crippen LogP contribution in [-0.2, 0) is 26.0 Å². The molecule has 2 aliphatic heterocycles. The molecule has 0 bridgehead atoms. The van der Waals surface area contributed by atoms with Crippen LogP contribution in [-0.4, -0.2) is 64.3 Å². The van der Waals surface area contributed by atoms with Crippen LogP contribution in [0.4, 0.5) is 0 Å². The molecule has 2 aliphatic rings. The Kier molecular flexibility index (Phi) is 8.46. The van der Waals surface area contributed by atoms with E-state index in [1.54, 1.807) is 11.4 Å². The van der Waals surface area contributed by atoms with Crippen LogP contribution < -0.4 is 10.1 Å². The smallest absolute Gasteiger partial charge is 0.226 e. The Balaban J connectivity index is 1.46. The van der Waals surface area contributed by atoms with Gasteiger partial charge in [0.25, 0.3) is 0 Å². The minimum absolute atomic E-state index is 0.0609. The van der Waals surface area contributed by atoms with Crippen molar-refractivity contribution in [1.82, 2.24) is 9.62 Å². The summed E-state index contributed by atoms with van der Waals surface area (Å²) in [6.45, 7) is 2.33. The third-order valence-electron chi connectivity index (χ3n) is 7.17. The van der Waals surface area contributed by atoms with Gasteiger partial charge in [-0.25, -0.2) is 12.7 Å². The van der Waals surface area contributed by atoms with Crippen molar-refractivity contribution in [3.05, 3.63) is 54.1 Å². The minimum Gasteiger partial charge on any atom is -0.496 e. The number of methoxy groups -OCH3 is 1. The molecule has 35 heavy (non-hydrogen) atoms. The molecule has 7 nitrogen and oxygen atoms in total. The van der Waals surface area contributed by atoms with Crippen molar-refractivity contribution in [2.45, 2.75) is 38.5 Å². The molecule has 0 aromatic heterocycles. The Hall–Kier alpha value is -2.42. The number of carbonyl (C=O) groups excluding carboxylic acids is 1. The SMILES string of the molecule is COc1ccccc1-c1cccc(CC2(C(=O)NCCS(=O)(=O)N3CCCCC3)CCOCC2)c1. The third-order valence-corrected chi connectivity index (χ3v) is 9.05. The number of hydrogen-bond donors (Lipinski definition) is 1. The lowest BCUT2D eigenvalue weighted by molar-refractivity contribution is -0.136. The molecule has 4 rings (SSSR count). The predicted molar refractivity (Wildman–Crippen MR) is 137 cm³/mol. The first-order valence-corrected chi connectivity index (χ1v) is 14.1. The van der Waals surface area contributed by atoms with E-state index in [2.05, 4.69) is 11.4 Å². The number of carbonyl (C=O) groups is 1. The van der Waals surface area contributed by atoms with Gasteiger partial charge in [0.1, 0.15) is 5.75 Å². The summed E-state index contributed by atoms with van der Waals surface area (Å²) in [6.07, 6.45) is 4.67. The Morgan fingerprint density at radius 2 is 1.80 bits per heavy atom. The van der Waals surface area contributed by atoms with Crippen LogP contribution in [0.2, 0.25) is 0 Å². The molecule has 2 aromatic carbocycles. The van der Waals surface area contributed by atoms with Crippen LogP contribution in [0.5, 0.6) is 5.75 Å². The lowest BCUT2D eigenvalue weighted by Crippen LogP contribution is -2.48. The lowest BCUT2D eigenvalue weighted by atomic mass is 9.74. The van der Waals surface area contributed by atoms with E-state index < -0.39 is 15.4 Å². The van der Waals surface area contributed by atoms with Gasteiger partial charge in [-0.3, -0.25) is 4.79 Å². The van der Waals surface area contributed by atoms with Crippen molar-refractivity contribution < 1.29 is 22.7 Å². The molecule has 2 aromatic rings. The van der Waals surface area contributed by atoms with E-state index in [-0.39, 0.29) is 18.2 Å². The average Bonchev–Trinajstić information content (AvgIpc) is 2.89. The zero-order valence-electron chi connectivity index (χ0n) is 20.5. The van der Waals surface area contributed by atoms with Crippen LogP contribution in [0, 0.1) is 5.41 Å². The maximum Gasteiger partial charge on any atom is 0.226 e. The molecule has 0 saturated carbocycles. The largest absolute Gasteiger partial charge is 0.496 e. The fraction of sp³-hybridized carbons (Fsp3) is 0.519. The van der Waals surface area contributed by atoms with Gasteiger partial charge in [0.2, 0.25) is 15.9 Å². The summed E-state index contributed by atoms with van der Waals surface area (Å²) in [5, 5.41) is 2.95. The highest BCUT2D eigenvalue weighted by Crippen LogP contribution is 2.37. The van der Waals surface area contributed by atoms with Gasteiger partial charge in [-0.05, 0) is 49.3 Å². The van der Waals surface area contributed by atoms with Crippen LogP contribution in [0.15, 0.2) is 48.5 Å². The van der Waals surface area contributed by atoms with E-state index in [4.69, 9.17) is 9.47 Å². The number of nitrogens with one attached hydrogen (secondary N) is 1. The Labute approximate surface area is 208 Å². The second-order valence-corrected chi connectivity index (χ2v) is 11.6. The van der Waals surface area contributed by atoms with E-state index in [9.17, 15) is 13.2 Å². The summed E-state index contributed by atoms with van der Waals surface area (Å²) < 4.78 is 38.0. The molecule has 2 saturated heterocycles. The molecule has 0 atom stereocenters. The van der Waals surface area contributed by atoms with E-state index >= 15 is 0 Å². The van der Waals surface area contributed by atoms with Gasteiger partial charge in [-0.1, -0.05) is 48.9 Å². The summed E-state index contributed by atoms with van der Waals surface area (Å²) in [6, 6.07) is 16.1. The predicted octanol–water partition coefficient (Wildman–Crippen LogP) is 3.63. The van der Waals surface area contributed by atoms with Crippen LogP contribution in [0.1, 0.15) is 37.7 Å². The maximum atomic E-state index is 13.4. The summed E-state index contributed by atoms with van der Waals surface area (Å²) in [4.78, 5) is 13.4. The van der Waals surface area contributed by atoms with Crippen LogP contribution in [0.25, 0.3) is 11.1 Å². The van der Waals surface area contributed by atoms with Gasteiger partial charge < -0.3 is 14.8 Å². The highest BCUT2D eigenvalue weighted by molar-refractivity contribution is 7.89. The minimum atomic E-state index is -3.35. The molecule has 0 spiro atoms. The summed E-state index contributed by atoms with van der Waals surface area (Å²) in [7, 11) is -1.69. The number of ether oxygens (including phenoxy) is 2. The van der Waals surface area contributed by atoms with E-state index in [0.29, 0.717) is 45.6 Å². The zero-order valence-corrected chi connectivity index (χ0v) is 21.3. The molecule has 1 N–H and O–H groups in total. The second-order valence-electron chi connectivity index (χ2n) is 9.50. The standard InChI is InChI=1S/C27H36N2O5S/c1-33-25-11-4-3-10-24(25)23-9-7-8-22(20-23)21-27(12-17-34-18-13-27)26(30)28-14-19-35(31,32)29-15-5-2-6-16-29/h3-4,7-11,20H,2,5-6,12-19,21H2,1H3,(H,28,30). The number of rotatable bonds is 9. The van der Waals surface area contributed by atoms with Gasteiger partial charge >= 0.3 is 0 Å². The zero-order chi connectivity index (χ0) is 24.7. The van der Waals surface area contributed by atoms with E-state index in [0.717, 1.165) is 41.7 Å². The lowest BCUT2D eigenvalue weighted by Gasteiger charge is -2.36. The molecule has 8 heteroatoms. The number of amides is 1. The highest BCUT2D eigenvalue weighted by atomic mass is 32.2. The van der Waals surface area contributed by atoms with Crippen molar-refractivity contribution in [3.8, 4) is 16.9 Å². The average molecular weight is 501 g/mol. The van der Waals surface area contributed by atoms with Crippen molar-refractivity contribution in [1.29, 1.82) is 0 Å². The molecule has 1 amide bonds. The first kappa shape index (κ1) is 25.7. The number of piperidine rings is 1. The highest BCUT2D eigenvalue weighted by Gasteiger charge is 2.40. The Bertz CT molecular complexity index is 1110. The maximum absolute atomic E-state index is 13.4. The van der Waals surface area contributed by atoms with E-state index in [1.807, 2.05) is 42.5 Å². The molecule has 0 unspecified atom stereocenters. The molecule has 0 radical (unpaired) electrons. The normalized spacial score (nSPS) is 18.7. The van der Waals surface area contributed by atoms with Crippen molar-refractivity contribution in [3.63, 3.8) is 0 Å². The Morgan fingerprint density at radius 1 is 1.06 bits per heavy atom. The fourth-order valence-corrected chi connectivity index (χ4v) is 6.55. The number of nitrogens with zero attached hydrogens (tertiary/aromatic N) is 1. The molecule has 0 aliphatic carbocycles. The molecule has 2 fully saturated rings. The third kappa shape index (κ3) is 6.23. The van der Waals surface area contributed by atoms with E-state index in [1.165, 1.54) is 0 Å². The Morgan fingerprint density at radius 3 is 2.54 bits per heavy atom. The molecule has 2 heterocycles. The number of hydrogen-bond acceptors (Lipinski definition) is 5. The van der Waals surface area contributed by atoms with Gasteiger partial charge in [0.05, 0.1) is 18.3 Å². The quantitative estimate of drug-likeness (QED) is 0.568. The topological polar surface area (TPSA) is 84.9 Å². The van der Waals surface area contributed by atoms with Crippen LogP contribution >= 0.6 is 0 Å². The molecular formula is C27H36N2O5S. The summed E-state index contributed by atoms with van der Waals surface area (Å²) in [5.74, 6) is 0.657. The number of benzene rings is 2. The first-order valence-electron chi connectivity index (χ1n) is 12.5. The van der Waals surface area contributed by atoms with Crippen molar-refractivity contribution in [2.75, 3.05) is 45.7 Å². The van der Waals surface area contributed by atoms with Crippen molar-refractivity contribution >= 4 is 15.9 Å². The first-order chi connectivity index (χ1) is 16.9. The van der Waals surface area contributed by atoms with Gasteiger partial charge in [0.15, 0.2) is 0 Å². The van der Waals surface area contributed by atoms with Gasteiger partial charge in [-0.2, -0.15) is 0 Å². The fourth-order valence-electron chi connectivity index (χ4n) is 5.12. The summed E-state index contributed by atoms with van der Waals surface area (Å²) in [5.41, 5.74) is 2.49. The summed E-state index contributed by atoms with van der Waals surface area (Å²) >= 11 is 0.